The summed E-state index contributed by atoms with van der Waals surface area (Å²) in [6.07, 6.45) is 0.0965. The fourth-order valence-corrected chi connectivity index (χ4v) is 2.06. The molecule has 0 saturated heterocycles. The van der Waals surface area contributed by atoms with Crippen molar-refractivity contribution < 1.29 is 9.57 Å². The zero-order valence-electron chi connectivity index (χ0n) is 8.08. The van der Waals surface area contributed by atoms with Gasteiger partial charge in [0.25, 0.3) is 0 Å². The zero-order chi connectivity index (χ0) is 10.1. The zero-order valence-corrected chi connectivity index (χ0v) is 9.67. The fraction of sp³-hybridized carbons (Fsp3) is 0.400. The van der Waals surface area contributed by atoms with E-state index in [1.165, 1.54) is 0 Å². The van der Waals surface area contributed by atoms with Crippen molar-refractivity contribution in [3.05, 3.63) is 28.2 Å². The predicted octanol–water partition coefficient (Wildman–Crippen LogP) is 2.42. The molecule has 1 N–H and O–H groups in total. The van der Waals surface area contributed by atoms with Gasteiger partial charge >= 0.3 is 0 Å². The maximum atomic E-state index is 5.66. The summed E-state index contributed by atoms with van der Waals surface area (Å²) in [5, 5.41) is 0. The van der Waals surface area contributed by atoms with Gasteiger partial charge in [-0.2, -0.15) is 5.48 Å². The van der Waals surface area contributed by atoms with E-state index >= 15 is 0 Å². The maximum absolute atomic E-state index is 5.66. The molecule has 4 heteroatoms. The SMILES string of the molecule is CONC1c2cc(Br)ccc2OC1C. The van der Waals surface area contributed by atoms with Crippen LogP contribution in [0.15, 0.2) is 22.7 Å². The monoisotopic (exact) mass is 257 g/mol. The van der Waals surface area contributed by atoms with Crippen LogP contribution in [-0.2, 0) is 4.84 Å². The van der Waals surface area contributed by atoms with E-state index in [2.05, 4.69) is 27.5 Å². The van der Waals surface area contributed by atoms with Crippen molar-refractivity contribution in [2.45, 2.75) is 19.1 Å². The Bertz CT molecular complexity index is 343. The molecule has 1 heterocycles. The largest absolute Gasteiger partial charge is 0.488 e. The number of benzene rings is 1. The van der Waals surface area contributed by atoms with Crippen LogP contribution in [0.4, 0.5) is 0 Å². The highest BCUT2D eigenvalue weighted by molar-refractivity contribution is 9.10. The molecule has 1 aromatic rings. The Balaban J connectivity index is 2.34. The van der Waals surface area contributed by atoms with Crippen molar-refractivity contribution in [3.8, 4) is 5.75 Å². The first-order chi connectivity index (χ1) is 6.72. The Hall–Kier alpha value is -0.580. The van der Waals surface area contributed by atoms with Crippen LogP contribution in [0.2, 0.25) is 0 Å². The highest BCUT2D eigenvalue weighted by atomic mass is 79.9. The van der Waals surface area contributed by atoms with Crippen LogP contribution < -0.4 is 10.2 Å². The summed E-state index contributed by atoms with van der Waals surface area (Å²) in [5.74, 6) is 0.926. The fourth-order valence-electron chi connectivity index (χ4n) is 1.68. The molecule has 0 amide bonds. The summed E-state index contributed by atoms with van der Waals surface area (Å²) in [7, 11) is 1.61. The normalized spacial score (nSPS) is 24.5. The minimum absolute atomic E-state index is 0.0965. The molecule has 0 bridgehead atoms. The smallest absolute Gasteiger partial charge is 0.124 e. The predicted molar refractivity (Wildman–Crippen MR) is 57.1 cm³/mol. The van der Waals surface area contributed by atoms with E-state index in [0.29, 0.717) is 0 Å². The molecule has 2 unspecified atom stereocenters. The molecule has 0 saturated carbocycles. The van der Waals surface area contributed by atoms with Gasteiger partial charge in [0, 0.05) is 10.0 Å². The average molecular weight is 258 g/mol. The van der Waals surface area contributed by atoms with Crippen molar-refractivity contribution in [3.63, 3.8) is 0 Å². The van der Waals surface area contributed by atoms with Crippen molar-refractivity contribution in [1.82, 2.24) is 5.48 Å². The lowest BCUT2D eigenvalue weighted by atomic mass is 10.1. The molecule has 76 valence electrons. The summed E-state index contributed by atoms with van der Waals surface area (Å²) in [6.45, 7) is 2.02. The second-order valence-corrected chi connectivity index (χ2v) is 4.22. The van der Waals surface area contributed by atoms with Crippen LogP contribution in [0.5, 0.6) is 5.75 Å². The van der Waals surface area contributed by atoms with Crippen LogP contribution in [-0.4, -0.2) is 13.2 Å². The van der Waals surface area contributed by atoms with E-state index in [9.17, 15) is 0 Å². The summed E-state index contributed by atoms with van der Waals surface area (Å²) >= 11 is 3.44. The first kappa shape index (κ1) is 9.96. The van der Waals surface area contributed by atoms with Gasteiger partial charge in [-0.3, -0.25) is 0 Å². The maximum Gasteiger partial charge on any atom is 0.124 e. The van der Waals surface area contributed by atoms with Gasteiger partial charge in [-0.1, -0.05) is 15.9 Å². The minimum Gasteiger partial charge on any atom is -0.488 e. The number of hydrogen-bond acceptors (Lipinski definition) is 3. The molecule has 2 rings (SSSR count). The molecule has 0 radical (unpaired) electrons. The van der Waals surface area contributed by atoms with Crippen molar-refractivity contribution >= 4 is 15.9 Å². The molecule has 1 aliphatic rings. The molecule has 14 heavy (non-hydrogen) atoms. The van der Waals surface area contributed by atoms with Crippen LogP contribution in [0.25, 0.3) is 0 Å². The molecule has 0 aromatic heterocycles. The highest BCUT2D eigenvalue weighted by Gasteiger charge is 2.31. The topological polar surface area (TPSA) is 30.5 Å². The summed E-state index contributed by atoms with van der Waals surface area (Å²) in [4.78, 5) is 4.95. The van der Waals surface area contributed by atoms with E-state index in [0.717, 1.165) is 15.8 Å². The van der Waals surface area contributed by atoms with E-state index < -0.39 is 0 Å². The third kappa shape index (κ3) is 1.65. The van der Waals surface area contributed by atoms with Gasteiger partial charge in [0.2, 0.25) is 0 Å². The van der Waals surface area contributed by atoms with Crippen LogP contribution in [0.3, 0.4) is 0 Å². The number of hydrogen-bond donors (Lipinski definition) is 1. The Morgan fingerprint density at radius 1 is 1.50 bits per heavy atom. The van der Waals surface area contributed by atoms with Gasteiger partial charge in [-0.25, -0.2) is 0 Å². The van der Waals surface area contributed by atoms with Crippen LogP contribution in [0, 0.1) is 0 Å². The number of ether oxygens (including phenoxy) is 1. The molecular weight excluding hydrogens is 246 g/mol. The van der Waals surface area contributed by atoms with Gasteiger partial charge in [0.1, 0.15) is 11.9 Å². The Morgan fingerprint density at radius 2 is 2.29 bits per heavy atom. The van der Waals surface area contributed by atoms with Gasteiger partial charge in [-0.05, 0) is 25.1 Å². The van der Waals surface area contributed by atoms with Gasteiger partial charge in [-0.15, -0.1) is 0 Å². The average Bonchev–Trinajstić information content (AvgIpc) is 2.45. The molecule has 0 aliphatic carbocycles. The second kappa shape index (κ2) is 3.88. The standard InChI is InChI=1S/C10H12BrNO2/c1-6-10(12-13-2)8-5-7(11)3-4-9(8)14-6/h3-6,10,12H,1-2H3. The van der Waals surface area contributed by atoms with Crippen molar-refractivity contribution in [2.75, 3.05) is 7.11 Å². The van der Waals surface area contributed by atoms with Gasteiger partial charge < -0.3 is 9.57 Å². The third-order valence-electron chi connectivity index (χ3n) is 2.33. The lowest BCUT2D eigenvalue weighted by molar-refractivity contribution is 0.0339. The first-order valence-electron chi connectivity index (χ1n) is 4.47. The Morgan fingerprint density at radius 3 is 3.00 bits per heavy atom. The Kier molecular flexibility index (Phi) is 2.76. The lowest BCUT2D eigenvalue weighted by Crippen LogP contribution is -2.27. The summed E-state index contributed by atoms with van der Waals surface area (Å²) in [5.41, 5.74) is 4.06. The minimum atomic E-state index is 0.0965. The van der Waals surface area contributed by atoms with Crippen LogP contribution >= 0.6 is 15.9 Å². The molecule has 2 atom stereocenters. The van der Waals surface area contributed by atoms with E-state index in [-0.39, 0.29) is 12.1 Å². The number of halogens is 1. The second-order valence-electron chi connectivity index (χ2n) is 3.30. The summed E-state index contributed by atoms with van der Waals surface area (Å²) in [6, 6.07) is 6.09. The third-order valence-corrected chi connectivity index (χ3v) is 2.83. The van der Waals surface area contributed by atoms with E-state index in [1.807, 2.05) is 19.1 Å². The molecule has 1 aromatic carbocycles. The summed E-state index contributed by atoms with van der Waals surface area (Å²) < 4.78 is 6.72. The molecule has 0 fully saturated rings. The molecular formula is C10H12BrNO2. The molecule has 1 aliphatic heterocycles. The van der Waals surface area contributed by atoms with E-state index in [1.54, 1.807) is 7.11 Å². The molecule has 3 nitrogen and oxygen atoms in total. The quantitative estimate of drug-likeness (QED) is 0.826. The van der Waals surface area contributed by atoms with Gasteiger partial charge in [0.05, 0.1) is 13.2 Å². The first-order valence-corrected chi connectivity index (χ1v) is 5.26. The van der Waals surface area contributed by atoms with Crippen molar-refractivity contribution in [2.24, 2.45) is 0 Å². The number of rotatable bonds is 2. The van der Waals surface area contributed by atoms with E-state index in [4.69, 9.17) is 9.57 Å². The van der Waals surface area contributed by atoms with Crippen LogP contribution in [0.1, 0.15) is 18.5 Å². The number of hydroxylamine groups is 1. The highest BCUT2D eigenvalue weighted by Crippen LogP contribution is 2.37. The lowest BCUT2D eigenvalue weighted by Gasteiger charge is -2.14. The van der Waals surface area contributed by atoms with Gasteiger partial charge in [0.15, 0.2) is 0 Å². The van der Waals surface area contributed by atoms with Crippen molar-refractivity contribution in [1.29, 1.82) is 0 Å². The number of nitrogens with one attached hydrogen (secondary N) is 1. The Labute approximate surface area is 91.5 Å². The molecule has 0 spiro atoms. The number of fused-ring (bicyclic) bond motifs is 1.